The maximum atomic E-state index is 4.99. The van der Waals surface area contributed by atoms with E-state index < -0.39 is 0 Å². The summed E-state index contributed by atoms with van der Waals surface area (Å²) in [7, 11) is 3.21. The highest BCUT2D eigenvalue weighted by molar-refractivity contribution is 5.38. The van der Waals surface area contributed by atoms with E-state index >= 15 is 0 Å². The molecule has 0 saturated carbocycles. The first-order valence-corrected chi connectivity index (χ1v) is 4.87. The van der Waals surface area contributed by atoms with Crippen LogP contribution in [-0.4, -0.2) is 14.2 Å². The van der Waals surface area contributed by atoms with Gasteiger partial charge in [0.25, 0.3) is 0 Å². The van der Waals surface area contributed by atoms with Crippen molar-refractivity contribution in [3.63, 3.8) is 0 Å². The first-order valence-electron chi connectivity index (χ1n) is 4.87. The first kappa shape index (κ1) is 12.1. The molecule has 0 aliphatic carbocycles. The zero-order valence-electron chi connectivity index (χ0n) is 9.44. The summed E-state index contributed by atoms with van der Waals surface area (Å²) in [6.45, 7) is 0. The number of ether oxygens (including phenoxy) is 2. The van der Waals surface area contributed by atoms with E-state index in [1.54, 1.807) is 32.4 Å². The normalized spacial score (nSPS) is 8.62. The summed E-state index contributed by atoms with van der Waals surface area (Å²) in [5.41, 5.74) is 0. The molecule has 2 aromatic rings. The molecule has 0 saturated heterocycles. The molecule has 0 aliphatic heterocycles. The van der Waals surface area contributed by atoms with Gasteiger partial charge >= 0.3 is 0 Å². The molecule has 2 nitrogen and oxygen atoms in total. The second kappa shape index (κ2) is 7.35. The minimum absolute atomic E-state index is 0.713. The van der Waals surface area contributed by atoms with Crippen LogP contribution in [0.25, 0.3) is 0 Å². The number of rotatable bonds is 2. The van der Waals surface area contributed by atoms with Gasteiger partial charge in [0.1, 0.15) is 0 Å². The van der Waals surface area contributed by atoms with Crippen LogP contribution in [0.3, 0.4) is 0 Å². The summed E-state index contributed by atoms with van der Waals surface area (Å²) >= 11 is 0. The second-order valence-electron chi connectivity index (χ2n) is 2.86. The van der Waals surface area contributed by atoms with Crippen LogP contribution in [0.1, 0.15) is 0 Å². The van der Waals surface area contributed by atoms with Gasteiger partial charge in [0.05, 0.1) is 14.2 Å². The summed E-state index contributed by atoms with van der Waals surface area (Å²) in [6.07, 6.45) is 0. The molecule has 0 spiro atoms. The predicted molar refractivity (Wildman–Crippen MR) is 63.7 cm³/mol. The summed E-state index contributed by atoms with van der Waals surface area (Å²) in [6, 6.07) is 20.7. The van der Waals surface area contributed by atoms with Crippen molar-refractivity contribution in [2.45, 2.75) is 0 Å². The van der Waals surface area contributed by atoms with Gasteiger partial charge in [0.2, 0.25) is 0 Å². The predicted octanol–water partition coefficient (Wildman–Crippen LogP) is 2.99. The lowest BCUT2D eigenvalue weighted by Gasteiger charge is -2.04. The zero-order valence-corrected chi connectivity index (χ0v) is 9.44. The van der Waals surface area contributed by atoms with Crippen LogP contribution >= 0.6 is 0 Å². The molecule has 2 heteroatoms. The smallest absolute Gasteiger partial charge is 0.161 e. The van der Waals surface area contributed by atoms with Crippen molar-refractivity contribution in [3.05, 3.63) is 60.7 Å². The Labute approximate surface area is 96.5 Å². The van der Waals surface area contributed by atoms with E-state index in [0.29, 0.717) is 5.75 Å². The molecule has 2 radical (unpaired) electrons. The lowest BCUT2D eigenvalue weighted by molar-refractivity contribution is 0.355. The van der Waals surface area contributed by atoms with E-state index in [0.717, 1.165) is 5.75 Å². The van der Waals surface area contributed by atoms with Gasteiger partial charge in [0.15, 0.2) is 11.5 Å². The second-order valence-corrected chi connectivity index (χ2v) is 2.86. The first-order chi connectivity index (χ1) is 7.88. The van der Waals surface area contributed by atoms with Gasteiger partial charge in [-0.1, -0.05) is 36.4 Å². The Morgan fingerprint density at radius 2 is 1.50 bits per heavy atom. The average molecular weight is 214 g/mol. The molecule has 0 amide bonds. The Morgan fingerprint density at radius 1 is 0.812 bits per heavy atom. The SMILES string of the molecule is COc1c[c]ccc1OC.[c]1ccccc1. The largest absolute Gasteiger partial charge is 0.493 e. The fourth-order valence-corrected chi connectivity index (χ4v) is 1.07. The Kier molecular flexibility index (Phi) is 5.56. The summed E-state index contributed by atoms with van der Waals surface area (Å²) in [5.74, 6) is 1.45. The highest BCUT2D eigenvalue weighted by atomic mass is 16.5. The fraction of sp³-hybridized carbons (Fsp3) is 0.143. The van der Waals surface area contributed by atoms with Gasteiger partial charge in [-0.05, 0) is 24.3 Å². The summed E-state index contributed by atoms with van der Waals surface area (Å²) in [5, 5.41) is 0. The Hall–Kier alpha value is -1.96. The van der Waals surface area contributed by atoms with Crippen molar-refractivity contribution in [1.82, 2.24) is 0 Å². The summed E-state index contributed by atoms with van der Waals surface area (Å²) < 4.78 is 9.97. The molecular formula is C14H14O2. The van der Waals surface area contributed by atoms with Crippen LogP contribution in [0.2, 0.25) is 0 Å². The fourth-order valence-electron chi connectivity index (χ4n) is 1.07. The highest BCUT2D eigenvalue weighted by Gasteiger charge is 1.97. The highest BCUT2D eigenvalue weighted by Crippen LogP contribution is 2.24. The molecule has 0 fully saturated rings. The summed E-state index contributed by atoms with van der Waals surface area (Å²) in [4.78, 5) is 0. The lowest BCUT2D eigenvalue weighted by atomic mass is 10.3. The van der Waals surface area contributed by atoms with E-state index in [9.17, 15) is 0 Å². The molecule has 2 aromatic carbocycles. The third-order valence-corrected chi connectivity index (χ3v) is 1.84. The van der Waals surface area contributed by atoms with Crippen molar-refractivity contribution in [2.75, 3.05) is 14.2 Å². The van der Waals surface area contributed by atoms with E-state index in [1.807, 2.05) is 30.3 Å². The molecule has 0 heterocycles. The molecule has 0 aliphatic rings. The number of methoxy groups -OCH3 is 2. The van der Waals surface area contributed by atoms with Crippen molar-refractivity contribution >= 4 is 0 Å². The van der Waals surface area contributed by atoms with Crippen molar-refractivity contribution in [3.8, 4) is 11.5 Å². The van der Waals surface area contributed by atoms with Crippen LogP contribution in [0.5, 0.6) is 11.5 Å². The minimum Gasteiger partial charge on any atom is -0.493 e. The topological polar surface area (TPSA) is 18.5 Å². The standard InChI is InChI=1S/C8H9O2.C6H5/c1-9-7-5-3-4-6-8(7)10-2;1-2-4-6-5-3-1/h3,5-6H,1-2H3;1-5H. The quantitative estimate of drug-likeness (QED) is 0.765. The molecule has 0 aromatic heterocycles. The molecule has 82 valence electrons. The van der Waals surface area contributed by atoms with Crippen LogP contribution in [0.4, 0.5) is 0 Å². The molecule has 0 atom stereocenters. The van der Waals surface area contributed by atoms with Gasteiger partial charge in [0, 0.05) is 0 Å². The van der Waals surface area contributed by atoms with E-state index in [2.05, 4.69) is 12.1 Å². The van der Waals surface area contributed by atoms with Gasteiger partial charge in [-0.15, -0.1) is 0 Å². The Bertz CT molecular complexity index is 335. The minimum atomic E-state index is 0.713. The maximum absolute atomic E-state index is 4.99. The maximum Gasteiger partial charge on any atom is 0.161 e. The van der Waals surface area contributed by atoms with Crippen molar-refractivity contribution < 1.29 is 9.47 Å². The zero-order chi connectivity index (χ0) is 11.6. The van der Waals surface area contributed by atoms with Gasteiger partial charge < -0.3 is 9.47 Å². The molecule has 0 unspecified atom stereocenters. The van der Waals surface area contributed by atoms with Gasteiger partial charge in [-0.3, -0.25) is 0 Å². The monoisotopic (exact) mass is 214 g/mol. The van der Waals surface area contributed by atoms with E-state index in [4.69, 9.17) is 9.47 Å². The third-order valence-electron chi connectivity index (χ3n) is 1.84. The van der Waals surface area contributed by atoms with Gasteiger partial charge in [-0.2, -0.15) is 0 Å². The Morgan fingerprint density at radius 3 is 1.88 bits per heavy atom. The van der Waals surface area contributed by atoms with Crippen LogP contribution in [0, 0.1) is 12.1 Å². The lowest BCUT2D eigenvalue weighted by Crippen LogP contribution is -1.88. The number of benzene rings is 2. The molecule has 2 rings (SSSR count). The van der Waals surface area contributed by atoms with E-state index in [1.165, 1.54) is 0 Å². The third kappa shape index (κ3) is 4.05. The van der Waals surface area contributed by atoms with Crippen molar-refractivity contribution in [1.29, 1.82) is 0 Å². The van der Waals surface area contributed by atoms with Crippen LogP contribution in [-0.2, 0) is 0 Å². The number of hydrogen-bond donors (Lipinski definition) is 0. The van der Waals surface area contributed by atoms with Crippen LogP contribution in [0.15, 0.2) is 48.5 Å². The van der Waals surface area contributed by atoms with Gasteiger partial charge in [-0.25, -0.2) is 0 Å². The van der Waals surface area contributed by atoms with Crippen molar-refractivity contribution in [2.24, 2.45) is 0 Å². The Balaban J connectivity index is 0.000000181. The molecule has 16 heavy (non-hydrogen) atoms. The molecule has 0 bridgehead atoms. The number of hydrogen-bond acceptors (Lipinski definition) is 2. The average Bonchev–Trinajstić information content (AvgIpc) is 2.41. The molecular weight excluding hydrogens is 200 g/mol. The van der Waals surface area contributed by atoms with Crippen LogP contribution < -0.4 is 9.47 Å². The molecule has 0 N–H and O–H groups in total. The van der Waals surface area contributed by atoms with E-state index in [-0.39, 0.29) is 0 Å².